The number of anilines is 1. The monoisotopic (exact) mass is 342 g/mol. The lowest BCUT2D eigenvalue weighted by molar-refractivity contribution is -0.119. The molecule has 2 rings (SSSR count). The van der Waals surface area contributed by atoms with E-state index in [2.05, 4.69) is 15.7 Å². The molecule has 1 aromatic carbocycles. The van der Waals surface area contributed by atoms with Gasteiger partial charge in [0.15, 0.2) is 0 Å². The molecule has 1 atom stereocenters. The third-order valence-corrected chi connectivity index (χ3v) is 3.86. The van der Waals surface area contributed by atoms with Crippen LogP contribution in [0.3, 0.4) is 0 Å². The van der Waals surface area contributed by atoms with Crippen LogP contribution in [0.5, 0.6) is 0 Å². The third kappa shape index (κ3) is 4.68. The lowest BCUT2D eigenvalue weighted by Gasteiger charge is -2.22. The number of benzene rings is 1. The lowest BCUT2D eigenvalue weighted by Crippen LogP contribution is -2.40. The average molecular weight is 342 g/mol. The normalized spacial score (nSPS) is 12.5. The number of nitrogens with one attached hydrogen (secondary N) is 2. The van der Waals surface area contributed by atoms with Crippen LogP contribution in [0.2, 0.25) is 0 Å². The highest BCUT2D eigenvalue weighted by Crippen LogP contribution is 2.22. The van der Waals surface area contributed by atoms with Crippen molar-refractivity contribution in [3.05, 3.63) is 47.8 Å². The minimum absolute atomic E-state index is 0.150. The molecule has 2 aromatic rings. The van der Waals surface area contributed by atoms with Crippen LogP contribution in [0.4, 0.5) is 5.69 Å². The van der Waals surface area contributed by atoms with E-state index in [-0.39, 0.29) is 23.4 Å². The van der Waals surface area contributed by atoms with Crippen LogP contribution in [0.1, 0.15) is 56.1 Å². The predicted octanol–water partition coefficient (Wildman–Crippen LogP) is 3.31. The van der Waals surface area contributed by atoms with Crippen LogP contribution in [0.15, 0.2) is 36.7 Å². The number of rotatable bonds is 5. The van der Waals surface area contributed by atoms with Crippen molar-refractivity contribution >= 4 is 17.5 Å². The van der Waals surface area contributed by atoms with Gasteiger partial charge >= 0.3 is 0 Å². The van der Waals surface area contributed by atoms with Crippen molar-refractivity contribution in [3.63, 3.8) is 0 Å². The van der Waals surface area contributed by atoms with Crippen LogP contribution in [-0.4, -0.2) is 27.1 Å². The molecule has 25 heavy (non-hydrogen) atoms. The summed E-state index contributed by atoms with van der Waals surface area (Å²) in [7, 11) is 0. The van der Waals surface area contributed by atoms with Gasteiger partial charge in [0.2, 0.25) is 5.91 Å². The Bertz CT molecular complexity index is 745. The molecular weight excluding hydrogens is 316 g/mol. The zero-order chi connectivity index (χ0) is 18.6. The Kier molecular flexibility index (Phi) is 5.62. The molecule has 0 radical (unpaired) electrons. The molecule has 0 saturated carbocycles. The number of aromatic nitrogens is 2. The van der Waals surface area contributed by atoms with E-state index in [9.17, 15) is 9.59 Å². The predicted molar refractivity (Wildman–Crippen MR) is 98.6 cm³/mol. The van der Waals surface area contributed by atoms with Gasteiger partial charge < -0.3 is 10.6 Å². The van der Waals surface area contributed by atoms with Crippen molar-refractivity contribution in [2.45, 2.75) is 52.6 Å². The molecule has 6 heteroatoms. The maximum atomic E-state index is 12.6. The molecular formula is C19H26N4O2. The number of carbonyl (C=O) groups excluding carboxylic acids is 2. The number of nitrogens with zero attached hydrogens (tertiary/aromatic N) is 2. The molecule has 0 saturated heterocycles. The maximum Gasteiger partial charge on any atom is 0.252 e. The second kappa shape index (κ2) is 7.51. The first-order valence-electron chi connectivity index (χ1n) is 8.45. The first kappa shape index (κ1) is 18.7. The summed E-state index contributed by atoms with van der Waals surface area (Å²) in [5, 5.41) is 10.0. The zero-order valence-corrected chi connectivity index (χ0v) is 15.5. The van der Waals surface area contributed by atoms with Gasteiger partial charge in [-0.1, -0.05) is 13.0 Å². The highest BCUT2D eigenvalue weighted by atomic mass is 16.2. The topological polar surface area (TPSA) is 76.0 Å². The summed E-state index contributed by atoms with van der Waals surface area (Å²) in [4.78, 5) is 25.1. The molecule has 2 amide bonds. The van der Waals surface area contributed by atoms with Gasteiger partial charge in [-0.25, -0.2) is 0 Å². The first-order valence-corrected chi connectivity index (χ1v) is 8.45. The highest BCUT2D eigenvalue weighted by molar-refractivity contribution is 6.00. The molecule has 0 aliphatic heterocycles. The van der Waals surface area contributed by atoms with Crippen LogP contribution < -0.4 is 10.6 Å². The molecule has 6 nitrogen and oxygen atoms in total. The summed E-state index contributed by atoms with van der Waals surface area (Å²) in [6.07, 6.45) is 4.04. The van der Waals surface area contributed by atoms with E-state index < -0.39 is 0 Å². The quantitative estimate of drug-likeness (QED) is 0.875. The van der Waals surface area contributed by atoms with E-state index in [0.29, 0.717) is 17.7 Å². The van der Waals surface area contributed by atoms with Gasteiger partial charge in [-0.2, -0.15) is 5.10 Å². The van der Waals surface area contributed by atoms with Crippen molar-refractivity contribution < 1.29 is 9.59 Å². The number of carbonyl (C=O) groups is 2. The van der Waals surface area contributed by atoms with Crippen LogP contribution in [0.25, 0.3) is 0 Å². The Morgan fingerprint density at radius 2 is 1.96 bits per heavy atom. The molecule has 1 aromatic heterocycles. The van der Waals surface area contributed by atoms with E-state index in [0.717, 1.165) is 5.56 Å². The van der Waals surface area contributed by atoms with E-state index >= 15 is 0 Å². The Morgan fingerprint density at radius 1 is 1.24 bits per heavy atom. The largest absolute Gasteiger partial charge is 0.347 e. The van der Waals surface area contributed by atoms with Gasteiger partial charge in [-0.05, 0) is 57.9 Å². The summed E-state index contributed by atoms with van der Waals surface area (Å²) < 4.78 is 1.64. The standard InChI is InChI=1S/C19H26N4O2/c1-6-16(23-12-8-11-20-23)18(25)21-15-10-7-9-14(13(15)2)17(24)22-19(3,4)5/h7-12,16H,6H2,1-5H3,(H,21,25)(H,22,24)/t16-/m1/s1. The van der Waals surface area contributed by atoms with E-state index in [4.69, 9.17) is 0 Å². The molecule has 0 bridgehead atoms. The first-order chi connectivity index (χ1) is 11.7. The summed E-state index contributed by atoms with van der Waals surface area (Å²) in [6.45, 7) is 9.57. The smallest absolute Gasteiger partial charge is 0.252 e. The number of hydrogen-bond acceptors (Lipinski definition) is 3. The fraction of sp³-hybridized carbons (Fsp3) is 0.421. The Morgan fingerprint density at radius 3 is 2.52 bits per heavy atom. The van der Waals surface area contributed by atoms with Gasteiger partial charge in [0, 0.05) is 29.2 Å². The van der Waals surface area contributed by atoms with E-state index in [1.54, 1.807) is 41.3 Å². The summed E-state index contributed by atoms with van der Waals surface area (Å²) in [6, 6.07) is 6.74. The van der Waals surface area contributed by atoms with Crippen molar-refractivity contribution in [3.8, 4) is 0 Å². The molecule has 0 fully saturated rings. The minimum atomic E-state index is -0.388. The number of amides is 2. The fourth-order valence-electron chi connectivity index (χ4n) is 2.60. The van der Waals surface area contributed by atoms with Crippen LogP contribution >= 0.6 is 0 Å². The van der Waals surface area contributed by atoms with Crippen molar-refractivity contribution in [2.75, 3.05) is 5.32 Å². The molecule has 1 heterocycles. The van der Waals surface area contributed by atoms with Crippen LogP contribution in [0, 0.1) is 6.92 Å². The van der Waals surface area contributed by atoms with Gasteiger partial charge in [0.05, 0.1) is 0 Å². The lowest BCUT2D eigenvalue weighted by atomic mass is 10.0. The third-order valence-electron chi connectivity index (χ3n) is 3.86. The molecule has 0 spiro atoms. The highest BCUT2D eigenvalue weighted by Gasteiger charge is 2.21. The second-order valence-electron chi connectivity index (χ2n) is 7.08. The van der Waals surface area contributed by atoms with Crippen molar-refractivity contribution in [1.82, 2.24) is 15.1 Å². The molecule has 134 valence electrons. The molecule has 2 N–H and O–H groups in total. The number of hydrogen-bond donors (Lipinski definition) is 2. The Hall–Kier alpha value is -2.63. The average Bonchev–Trinajstić information content (AvgIpc) is 3.02. The van der Waals surface area contributed by atoms with Gasteiger partial charge in [-0.15, -0.1) is 0 Å². The maximum absolute atomic E-state index is 12.6. The van der Waals surface area contributed by atoms with E-state index in [1.807, 2.05) is 34.6 Å². The molecule has 0 aliphatic rings. The van der Waals surface area contributed by atoms with Gasteiger partial charge in [0.1, 0.15) is 6.04 Å². The zero-order valence-electron chi connectivity index (χ0n) is 15.5. The summed E-state index contributed by atoms with van der Waals surface area (Å²) >= 11 is 0. The second-order valence-corrected chi connectivity index (χ2v) is 7.08. The minimum Gasteiger partial charge on any atom is -0.347 e. The molecule has 0 aliphatic carbocycles. The Balaban J connectivity index is 2.21. The van der Waals surface area contributed by atoms with Crippen molar-refractivity contribution in [1.29, 1.82) is 0 Å². The SMILES string of the molecule is CC[C@H](C(=O)Nc1cccc(C(=O)NC(C)(C)C)c1C)n1cccn1. The summed E-state index contributed by atoms with van der Waals surface area (Å²) in [5.41, 5.74) is 1.61. The molecule has 0 unspecified atom stereocenters. The Labute approximate surface area is 148 Å². The van der Waals surface area contributed by atoms with Crippen molar-refractivity contribution in [2.24, 2.45) is 0 Å². The summed E-state index contributed by atoms with van der Waals surface area (Å²) in [5.74, 6) is -0.303. The fourth-order valence-corrected chi connectivity index (χ4v) is 2.60. The van der Waals surface area contributed by atoms with Crippen LogP contribution in [-0.2, 0) is 4.79 Å². The van der Waals surface area contributed by atoms with E-state index in [1.165, 1.54) is 0 Å². The van der Waals surface area contributed by atoms with Gasteiger partial charge in [-0.3, -0.25) is 14.3 Å². The van der Waals surface area contributed by atoms with Gasteiger partial charge in [0.25, 0.3) is 5.91 Å².